The number of carbonyl (C=O) groups excluding carboxylic acids is 1. The van der Waals surface area contributed by atoms with E-state index >= 15 is 0 Å². The van der Waals surface area contributed by atoms with Crippen LogP contribution in [0.15, 0.2) is 59.8 Å². The van der Waals surface area contributed by atoms with E-state index in [1.807, 2.05) is 63.5 Å². The van der Waals surface area contributed by atoms with Crippen molar-refractivity contribution >= 4 is 23.4 Å². The molecule has 0 spiro atoms. The van der Waals surface area contributed by atoms with E-state index in [-0.39, 0.29) is 17.7 Å². The molecule has 0 radical (unpaired) electrons. The van der Waals surface area contributed by atoms with E-state index < -0.39 is 0 Å². The molecule has 1 heterocycles. The zero-order valence-electron chi connectivity index (χ0n) is 19.1. The van der Waals surface area contributed by atoms with E-state index in [0.29, 0.717) is 24.6 Å². The van der Waals surface area contributed by atoms with Gasteiger partial charge in [-0.3, -0.25) is 9.69 Å². The van der Waals surface area contributed by atoms with Crippen LogP contribution in [0, 0.1) is 0 Å². The Morgan fingerprint density at radius 3 is 2.50 bits per heavy atom. The van der Waals surface area contributed by atoms with Gasteiger partial charge in [-0.1, -0.05) is 61.2 Å². The number of nitrogens with one attached hydrogen (secondary N) is 1. The standard InChI is InChI=1S/C24H31N5O2S/c1-5-20(28(3)4)23-26-27-24(29(23)16-18-12-8-7-9-13-18)32-17-22(30)25-19-14-10-11-15-21(19)31-6-2/h7-15,20H,5-6,16-17H2,1-4H3,(H,25,30). The average molecular weight is 454 g/mol. The molecule has 170 valence electrons. The molecule has 1 N–H and O–H groups in total. The molecular weight excluding hydrogens is 422 g/mol. The van der Waals surface area contributed by atoms with E-state index in [1.165, 1.54) is 17.3 Å². The molecule has 1 atom stereocenters. The maximum atomic E-state index is 12.7. The second-order valence-electron chi connectivity index (χ2n) is 7.57. The van der Waals surface area contributed by atoms with Crippen LogP contribution < -0.4 is 10.1 Å². The number of hydrogen-bond donors (Lipinski definition) is 1. The maximum Gasteiger partial charge on any atom is 0.234 e. The van der Waals surface area contributed by atoms with Crippen LogP contribution in [0.2, 0.25) is 0 Å². The van der Waals surface area contributed by atoms with Gasteiger partial charge in [-0.15, -0.1) is 10.2 Å². The summed E-state index contributed by atoms with van der Waals surface area (Å²) in [7, 11) is 4.09. The third-order valence-electron chi connectivity index (χ3n) is 5.03. The van der Waals surface area contributed by atoms with Crippen molar-refractivity contribution in [3.8, 4) is 5.75 Å². The van der Waals surface area contributed by atoms with Crippen molar-refractivity contribution in [3.63, 3.8) is 0 Å². The first kappa shape index (κ1) is 23.8. The van der Waals surface area contributed by atoms with Gasteiger partial charge in [0.15, 0.2) is 11.0 Å². The first-order chi connectivity index (χ1) is 15.5. The van der Waals surface area contributed by atoms with Gasteiger partial charge in [-0.25, -0.2) is 0 Å². The van der Waals surface area contributed by atoms with Gasteiger partial charge in [0, 0.05) is 0 Å². The molecule has 1 unspecified atom stereocenters. The van der Waals surface area contributed by atoms with Crippen LogP contribution in [0.25, 0.3) is 0 Å². The first-order valence-electron chi connectivity index (χ1n) is 10.8. The van der Waals surface area contributed by atoms with Crippen molar-refractivity contribution in [2.45, 2.75) is 38.0 Å². The summed E-state index contributed by atoms with van der Waals surface area (Å²) < 4.78 is 7.72. The number of carbonyl (C=O) groups is 1. The van der Waals surface area contributed by atoms with E-state index in [9.17, 15) is 4.79 Å². The van der Waals surface area contributed by atoms with Crippen molar-refractivity contribution in [2.75, 3.05) is 31.8 Å². The smallest absolute Gasteiger partial charge is 0.234 e. The number of para-hydroxylation sites is 2. The molecule has 1 amide bonds. The Balaban J connectivity index is 1.77. The lowest BCUT2D eigenvalue weighted by Crippen LogP contribution is -2.23. The van der Waals surface area contributed by atoms with Gasteiger partial charge in [0.1, 0.15) is 5.75 Å². The van der Waals surface area contributed by atoms with Gasteiger partial charge in [-0.05, 0) is 45.1 Å². The fourth-order valence-corrected chi connectivity index (χ4v) is 4.26. The number of benzene rings is 2. The molecule has 0 bridgehead atoms. The number of rotatable bonds is 11. The van der Waals surface area contributed by atoms with Gasteiger partial charge in [0.25, 0.3) is 0 Å². The number of hydrogen-bond acceptors (Lipinski definition) is 6. The quantitative estimate of drug-likeness (QED) is 0.432. The highest BCUT2D eigenvalue weighted by molar-refractivity contribution is 7.99. The number of thioether (sulfide) groups is 1. The molecular formula is C24H31N5O2S. The number of anilines is 1. The van der Waals surface area contributed by atoms with Crippen LogP contribution in [0.3, 0.4) is 0 Å². The number of aromatic nitrogens is 3. The SMILES string of the molecule is CCOc1ccccc1NC(=O)CSc1nnc(C(CC)N(C)C)n1Cc1ccccc1. The Bertz CT molecular complexity index is 1010. The van der Waals surface area contributed by atoms with Crippen LogP contribution in [0.4, 0.5) is 5.69 Å². The topological polar surface area (TPSA) is 72.3 Å². The fraction of sp³-hybridized carbons (Fsp3) is 0.375. The average Bonchev–Trinajstić information content (AvgIpc) is 3.17. The molecule has 7 nitrogen and oxygen atoms in total. The Morgan fingerprint density at radius 2 is 1.81 bits per heavy atom. The minimum atomic E-state index is -0.113. The maximum absolute atomic E-state index is 12.7. The van der Waals surface area contributed by atoms with Crippen LogP contribution >= 0.6 is 11.8 Å². The molecule has 32 heavy (non-hydrogen) atoms. The summed E-state index contributed by atoms with van der Waals surface area (Å²) in [5.74, 6) is 1.69. The summed E-state index contributed by atoms with van der Waals surface area (Å²) in [6.45, 7) is 5.26. The summed E-state index contributed by atoms with van der Waals surface area (Å²) in [5, 5.41) is 12.6. The Kier molecular flexibility index (Phi) is 8.70. The largest absolute Gasteiger partial charge is 0.492 e. The Morgan fingerprint density at radius 1 is 1.09 bits per heavy atom. The highest BCUT2D eigenvalue weighted by Gasteiger charge is 2.22. The van der Waals surface area contributed by atoms with Crippen molar-refractivity contribution in [2.24, 2.45) is 0 Å². The Hall–Kier alpha value is -2.84. The predicted octanol–water partition coefficient (Wildman–Crippen LogP) is 4.47. The molecule has 0 aliphatic carbocycles. The number of nitrogens with zero attached hydrogens (tertiary/aromatic N) is 4. The van der Waals surface area contributed by atoms with Gasteiger partial charge >= 0.3 is 0 Å². The van der Waals surface area contributed by atoms with Crippen LogP contribution in [-0.4, -0.2) is 52.0 Å². The molecule has 8 heteroatoms. The van der Waals surface area contributed by atoms with E-state index in [1.54, 1.807) is 0 Å². The molecule has 0 aliphatic rings. The molecule has 2 aromatic carbocycles. The van der Waals surface area contributed by atoms with E-state index in [2.05, 4.69) is 44.0 Å². The van der Waals surface area contributed by atoms with Crippen molar-refractivity contribution in [1.29, 1.82) is 0 Å². The summed E-state index contributed by atoms with van der Waals surface area (Å²) in [6.07, 6.45) is 0.916. The lowest BCUT2D eigenvalue weighted by atomic mass is 10.2. The third-order valence-corrected chi connectivity index (χ3v) is 6.00. The van der Waals surface area contributed by atoms with Crippen molar-refractivity contribution in [3.05, 3.63) is 66.0 Å². The molecule has 0 aliphatic heterocycles. The first-order valence-corrected chi connectivity index (χ1v) is 11.8. The monoisotopic (exact) mass is 453 g/mol. The third kappa shape index (κ3) is 6.11. The van der Waals surface area contributed by atoms with Crippen molar-refractivity contribution < 1.29 is 9.53 Å². The minimum Gasteiger partial charge on any atom is -0.492 e. The summed E-state index contributed by atoms with van der Waals surface area (Å²) in [5.41, 5.74) is 1.84. The van der Waals surface area contributed by atoms with E-state index in [0.717, 1.165) is 17.4 Å². The summed E-state index contributed by atoms with van der Waals surface area (Å²) in [4.78, 5) is 14.8. The van der Waals surface area contributed by atoms with Gasteiger partial charge in [-0.2, -0.15) is 0 Å². The molecule has 0 fully saturated rings. The zero-order chi connectivity index (χ0) is 22.9. The lowest BCUT2D eigenvalue weighted by molar-refractivity contribution is -0.113. The predicted molar refractivity (Wildman–Crippen MR) is 129 cm³/mol. The highest BCUT2D eigenvalue weighted by atomic mass is 32.2. The molecule has 1 aromatic heterocycles. The second kappa shape index (κ2) is 11.7. The molecule has 3 aromatic rings. The fourth-order valence-electron chi connectivity index (χ4n) is 3.51. The minimum absolute atomic E-state index is 0.113. The van der Waals surface area contributed by atoms with Crippen LogP contribution in [0.5, 0.6) is 5.75 Å². The Labute approximate surface area is 194 Å². The number of amides is 1. The molecule has 3 rings (SSSR count). The zero-order valence-corrected chi connectivity index (χ0v) is 19.9. The second-order valence-corrected chi connectivity index (χ2v) is 8.51. The highest BCUT2D eigenvalue weighted by Crippen LogP contribution is 2.27. The summed E-state index contributed by atoms with van der Waals surface area (Å²) >= 11 is 1.39. The van der Waals surface area contributed by atoms with Gasteiger partial charge in [0.05, 0.1) is 30.6 Å². The summed E-state index contributed by atoms with van der Waals surface area (Å²) in [6, 6.07) is 17.8. The molecule has 0 saturated carbocycles. The van der Waals surface area contributed by atoms with Crippen molar-refractivity contribution in [1.82, 2.24) is 19.7 Å². The normalized spacial score (nSPS) is 12.0. The lowest BCUT2D eigenvalue weighted by Gasteiger charge is -2.23. The van der Waals surface area contributed by atoms with Crippen LogP contribution in [0.1, 0.15) is 37.7 Å². The molecule has 0 saturated heterocycles. The van der Waals surface area contributed by atoms with Gasteiger partial charge in [0.2, 0.25) is 5.91 Å². The van der Waals surface area contributed by atoms with Crippen LogP contribution in [-0.2, 0) is 11.3 Å². The van der Waals surface area contributed by atoms with Gasteiger partial charge < -0.3 is 14.6 Å². The van der Waals surface area contributed by atoms with E-state index in [4.69, 9.17) is 4.74 Å². The number of ether oxygens (including phenoxy) is 1.